The van der Waals surface area contributed by atoms with Gasteiger partial charge in [0.05, 0.1) is 5.39 Å². The standard InChI is InChI=1S/C15H14ClN3OS/c1-2-9-7-10(3-4-12(9)16)20-8-13-18-14(17)11-5-6-21-15(11)19-13/h3-7H,2,8H2,1H3,(H2,17,18,19). The van der Waals surface area contributed by atoms with Gasteiger partial charge in [-0.25, -0.2) is 9.97 Å². The van der Waals surface area contributed by atoms with Crippen molar-refractivity contribution in [3.05, 3.63) is 46.1 Å². The van der Waals surface area contributed by atoms with Crippen LogP contribution in [0.5, 0.6) is 5.75 Å². The molecule has 4 nitrogen and oxygen atoms in total. The van der Waals surface area contributed by atoms with Crippen molar-refractivity contribution in [1.82, 2.24) is 9.97 Å². The van der Waals surface area contributed by atoms with Crippen LogP contribution < -0.4 is 10.5 Å². The van der Waals surface area contributed by atoms with E-state index in [2.05, 4.69) is 16.9 Å². The first-order valence-corrected chi connectivity index (χ1v) is 7.84. The number of thiophene rings is 1. The maximum absolute atomic E-state index is 6.09. The SMILES string of the molecule is CCc1cc(OCc2nc(N)c3ccsc3n2)ccc1Cl. The van der Waals surface area contributed by atoms with Crippen molar-refractivity contribution in [3.63, 3.8) is 0 Å². The van der Waals surface area contributed by atoms with Gasteiger partial charge in [-0.3, -0.25) is 0 Å². The molecule has 0 saturated heterocycles. The Kier molecular flexibility index (Phi) is 3.94. The van der Waals surface area contributed by atoms with Crippen LogP contribution in [-0.4, -0.2) is 9.97 Å². The number of aryl methyl sites for hydroxylation is 1. The highest BCUT2D eigenvalue weighted by molar-refractivity contribution is 7.16. The lowest BCUT2D eigenvalue weighted by Gasteiger charge is -2.08. The quantitative estimate of drug-likeness (QED) is 0.787. The number of hydrogen-bond donors (Lipinski definition) is 1. The van der Waals surface area contributed by atoms with Gasteiger partial charge in [0, 0.05) is 5.02 Å². The van der Waals surface area contributed by atoms with Crippen molar-refractivity contribution < 1.29 is 4.74 Å². The van der Waals surface area contributed by atoms with Crippen LogP contribution in [0.1, 0.15) is 18.3 Å². The summed E-state index contributed by atoms with van der Waals surface area (Å²) in [4.78, 5) is 9.60. The van der Waals surface area contributed by atoms with Crippen LogP contribution in [0.15, 0.2) is 29.6 Å². The molecule has 6 heteroatoms. The maximum Gasteiger partial charge on any atom is 0.169 e. The van der Waals surface area contributed by atoms with E-state index in [0.29, 0.717) is 11.6 Å². The van der Waals surface area contributed by atoms with E-state index < -0.39 is 0 Å². The molecule has 0 aliphatic heterocycles. The molecule has 0 unspecified atom stereocenters. The summed E-state index contributed by atoms with van der Waals surface area (Å²) in [5.74, 6) is 1.82. The highest BCUT2D eigenvalue weighted by Gasteiger charge is 2.07. The molecule has 0 radical (unpaired) electrons. The number of nitrogens with zero attached hydrogens (tertiary/aromatic N) is 2. The zero-order valence-electron chi connectivity index (χ0n) is 11.5. The molecular weight excluding hydrogens is 306 g/mol. The Bertz CT molecular complexity index is 788. The number of nitrogen functional groups attached to an aromatic ring is 1. The molecule has 0 fully saturated rings. The fourth-order valence-corrected chi connectivity index (χ4v) is 3.09. The number of aromatic nitrogens is 2. The minimum Gasteiger partial charge on any atom is -0.486 e. The largest absolute Gasteiger partial charge is 0.486 e. The third-order valence-electron chi connectivity index (χ3n) is 3.17. The summed E-state index contributed by atoms with van der Waals surface area (Å²) in [6.07, 6.45) is 0.862. The van der Waals surface area contributed by atoms with Crippen molar-refractivity contribution in [2.45, 2.75) is 20.0 Å². The van der Waals surface area contributed by atoms with E-state index in [1.54, 1.807) is 11.3 Å². The van der Waals surface area contributed by atoms with Crippen molar-refractivity contribution >= 4 is 39.0 Å². The summed E-state index contributed by atoms with van der Waals surface area (Å²) in [5, 5.41) is 3.60. The van der Waals surface area contributed by atoms with Crippen LogP contribution in [0, 0.1) is 0 Å². The smallest absolute Gasteiger partial charge is 0.169 e. The summed E-state index contributed by atoms with van der Waals surface area (Å²) >= 11 is 7.63. The molecule has 108 valence electrons. The summed E-state index contributed by atoms with van der Waals surface area (Å²) in [5.41, 5.74) is 6.98. The fourth-order valence-electron chi connectivity index (χ4n) is 2.05. The average molecular weight is 320 g/mol. The zero-order valence-corrected chi connectivity index (χ0v) is 13.0. The molecular formula is C15H14ClN3OS. The fraction of sp³-hybridized carbons (Fsp3) is 0.200. The van der Waals surface area contributed by atoms with E-state index in [4.69, 9.17) is 22.1 Å². The molecule has 0 aliphatic carbocycles. The van der Waals surface area contributed by atoms with E-state index >= 15 is 0 Å². The van der Waals surface area contributed by atoms with Gasteiger partial charge >= 0.3 is 0 Å². The summed E-state index contributed by atoms with van der Waals surface area (Å²) in [6, 6.07) is 7.55. The highest BCUT2D eigenvalue weighted by Crippen LogP contribution is 2.25. The Labute approximate surface area is 131 Å². The van der Waals surface area contributed by atoms with E-state index in [-0.39, 0.29) is 6.61 Å². The molecule has 2 aromatic heterocycles. The van der Waals surface area contributed by atoms with Gasteiger partial charge in [0.1, 0.15) is 23.0 Å². The molecule has 21 heavy (non-hydrogen) atoms. The molecule has 0 saturated carbocycles. The van der Waals surface area contributed by atoms with E-state index in [9.17, 15) is 0 Å². The lowest BCUT2D eigenvalue weighted by molar-refractivity contribution is 0.296. The van der Waals surface area contributed by atoms with Crippen LogP contribution in [-0.2, 0) is 13.0 Å². The number of benzene rings is 1. The first-order chi connectivity index (χ1) is 10.2. The Morgan fingerprint density at radius 3 is 2.95 bits per heavy atom. The van der Waals surface area contributed by atoms with Gasteiger partial charge in [-0.05, 0) is 41.6 Å². The lowest BCUT2D eigenvalue weighted by Crippen LogP contribution is -2.04. The van der Waals surface area contributed by atoms with Crippen molar-refractivity contribution in [2.75, 3.05) is 5.73 Å². The second-order valence-electron chi connectivity index (χ2n) is 4.56. The van der Waals surface area contributed by atoms with E-state index in [0.717, 1.165) is 33.0 Å². The number of fused-ring (bicyclic) bond motifs is 1. The Morgan fingerprint density at radius 2 is 2.14 bits per heavy atom. The molecule has 2 heterocycles. The number of hydrogen-bond acceptors (Lipinski definition) is 5. The topological polar surface area (TPSA) is 61.0 Å². The average Bonchev–Trinajstić information content (AvgIpc) is 2.95. The molecule has 0 bridgehead atoms. The van der Waals surface area contributed by atoms with Crippen LogP contribution in [0.3, 0.4) is 0 Å². The zero-order chi connectivity index (χ0) is 14.8. The van der Waals surface area contributed by atoms with Gasteiger partial charge < -0.3 is 10.5 Å². The van der Waals surface area contributed by atoms with Gasteiger partial charge in [0.25, 0.3) is 0 Å². The molecule has 1 aromatic carbocycles. The molecule has 0 amide bonds. The second-order valence-corrected chi connectivity index (χ2v) is 5.86. The van der Waals surface area contributed by atoms with E-state index in [1.165, 1.54) is 0 Å². The van der Waals surface area contributed by atoms with Gasteiger partial charge in [-0.2, -0.15) is 0 Å². The van der Waals surface area contributed by atoms with Crippen LogP contribution >= 0.6 is 22.9 Å². The van der Waals surface area contributed by atoms with Gasteiger partial charge in [-0.15, -0.1) is 11.3 Å². The predicted octanol–water partition coefficient (Wildman–Crippen LogP) is 4.07. The number of anilines is 1. The minimum absolute atomic E-state index is 0.281. The second kappa shape index (κ2) is 5.87. The summed E-state index contributed by atoms with van der Waals surface area (Å²) < 4.78 is 5.74. The molecule has 3 rings (SSSR count). The van der Waals surface area contributed by atoms with Crippen molar-refractivity contribution in [3.8, 4) is 5.75 Å². The van der Waals surface area contributed by atoms with Crippen LogP contribution in [0.4, 0.5) is 5.82 Å². The number of rotatable bonds is 4. The summed E-state index contributed by atoms with van der Waals surface area (Å²) in [7, 11) is 0. The van der Waals surface area contributed by atoms with Crippen LogP contribution in [0.2, 0.25) is 5.02 Å². The molecule has 2 N–H and O–H groups in total. The number of halogens is 1. The van der Waals surface area contributed by atoms with E-state index in [1.807, 2.05) is 29.6 Å². The molecule has 0 atom stereocenters. The lowest BCUT2D eigenvalue weighted by atomic mass is 10.1. The molecule has 0 aliphatic rings. The van der Waals surface area contributed by atoms with Crippen molar-refractivity contribution in [1.29, 1.82) is 0 Å². The van der Waals surface area contributed by atoms with Gasteiger partial charge in [-0.1, -0.05) is 18.5 Å². The normalized spacial score (nSPS) is 11.0. The minimum atomic E-state index is 0.281. The third-order valence-corrected chi connectivity index (χ3v) is 4.34. The number of ether oxygens (including phenoxy) is 1. The number of nitrogens with two attached hydrogens (primary N) is 1. The Hall–Kier alpha value is -1.85. The molecule has 0 spiro atoms. The first kappa shape index (κ1) is 14.1. The molecule has 3 aromatic rings. The predicted molar refractivity (Wildman–Crippen MR) is 87.0 cm³/mol. The maximum atomic E-state index is 6.09. The first-order valence-electron chi connectivity index (χ1n) is 6.58. The van der Waals surface area contributed by atoms with Crippen molar-refractivity contribution in [2.24, 2.45) is 0 Å². The van der Waals surface area contributed by atoms with Crippen LogP contribution in [0.25, 0.3) is 10.2 Å². The van der Waals surface area contributed by atoms with Gasteiger partial charge in [0.15, 0.2) is 5.82 Å². The monoisotopic (exact) mass is 319 g/mol. The Morgan fingerprint density at radius 1 is 1.29 bits per heavy atom. The highest BCUT2D eigenvalue weighted by atomic mass is 35.5. The summed E-state index contributed by atoms with van der Waals surface area (Å²) in [6.45, 7) is 2.34. The third kappa shape index (κ3) is 2.94. The Balaban J connectivity index is 1.79. The van der Waals surface area contributed by atoms with Gasteiger partial charge in [0.2, 0.25) is 0 Å².